The lowest BCUT2D eigenvalue weighted by Crippen LogP contribution is -2.22. The van der Waals surface area contributed by atoms with E-state index in [-0.39, 0.29) is 5.56 Å². The van der Waals surface area contributed by atoms with E-state index in [1.54, 1.807) is 23.4 Å². The van der Waals surface area contributed by atoms with Crippen molar-refractivity contribution in [1.82, 2.24) is 19.2 Å². The quantitative estimate of drug-likeness (QED) is 0.518. The third-order valence-electron chi connectivity index (χ3n) is 4.24. The number of ether oxygens (including phenoxy) is 1. The third kappa shape index (κ3) is 2.47. The van der Waals surface area contributed by atoms with E-state index in [4.69, 9.17) is 4.74 Å². The minimum Gasteiger partial charge on any atom is -0.495 e. The van der Waals surface area contributed by atoms with Crippen LogP contribution in [0.4, 0.5) is 0 Å². The van der Waals surface area contributed by atoms with E-state index < -0.39 is 0 Å². The molecule has 0 saturated carbocycles. The van der Waals surface area contributed by atoms with Gasteiger partial charge >= 0.3 is 0 Å². The molecule has 6 nitrogen and oxygen atoms in total. The molecule has 0 unspecified atom stereocenters. The van der Waals surface area contributed by atoms with Crippen molar-refractivity contribution in [2.75, 3.05) is 12.9 Å². The second-order valence-electron chi connectivity index (χ2n) is 5.88. The van der Waals surface area contributed by atoms with Gasteiger partial charge in [-0.1, -0.05) is 36.9 Å². The Kier molecular flexibility index (Phi) is 4.16. The van der Waals surface area contributed by atoms with Gasteiger partial charge in [0.2, 0.25) is 5.78 Å². The molecule has 26 heavy (non-hydrogen) atoms. The van der Waals surface area contributed by atoms with E-state index in [1.165, 1.54) is 0 Å². The molecule has 0 spiro atoms. The average molecular weight is 366 g/mol. The van der Waals surface area contributed by atoms with Crippen LogP contribution >= 0.6 is 11.8 Å². The summed E-state index contributed by atoms with van der Waals surface area (Å²) in [5.74, 6) is 1.96. The van der Waals surface area contributed by atoms with Crippen LogP contribution in [0.15, 0.2) is 52.4 Å². The summed E-state index contributed by atoms with van der Waals surface area (Å²) in [6, 6.07) is 13.3. The highest BCUT2D eigenvalue weighted by Crippen LogP contribution is 2.27. The van der Waals surface area contributed by atoms with Crippen molar-refractivity contribution in [3.05, 3.63) is 58.4 Å². The predicted molar refractivity (Wildman–Crippen MR) is 104 cm³/mol. The minimum atomic E-state index is -0.141. The zero-order valence-electron chi connectivity index (χ0n) is 14.8. The van der Waals surface area contributed by atoms with Gasteiger partial charge in [0, 0.05) is 0 Å². The molecule has 0 radical (unpaired) electrons. The maximum absolute atomic E-state index is 13.3. The number of nitrogens with zero attached hydrogens (tertiary/aromatic N) is 4. The molecule has 2 aromatic heterocycles. The molecule has 0 aliphatic rings. The van der Waals surface area contributed by atoms with Crippen LogP contribution in [0.1, 0.15) is 12.5 Å². The van der Waals surface area contributed by atoms with E-state index in [0.29, 0.717) is 22.6 Å². The van der Waals surface area contributed by atoms with E-state index >= 15 is 0 Å². The van der Waals surface area contributed by atoms with E-state index in [1.807, 2.05) is 53.8 Å². The SMILES string of the molecule is CCSc1nnc2n(-c3cc(C)ccc3OC)c(=O)c3ccccc3n12. The normalized spacial score (nSPS) is 11.3. The highest BCUT2D eigenvalue weighted by atomic mass is 32.2. The van der Waals surface area contributed by atoms with Gasteiger partial charge in [0.15, 0.2) is 5.16 Å². The summed E-state index contributed by atoms with van der Waals surface area (Å²) in [5.41, 5.74) is 2.35. The largest absolute Gasteiger partial charge is 0.495 e. The highest BCUT2D eigenvalue weighted by molar-refractivity contribution is 7.99. The summed E-state index contributed by atoms with van der Waals surface area (Å²) >= 11 is 1.59. The Morgan fingerprint density at radius 3 is 2.73 bits per heavy atom. The van der Waals surface area contributed by atoms with E-state index in [2.05, 4.69) is 17.1 Å². The standard InChI is InChI=1S/C19H18N4O2S/c1-4-26-19-21-20-18-22(15-11-12(2)9-10-16(15)25-3)17(24)13-7-5-6-8-14(13)23(18)19/h5-11H,4H2,1-3H3. The smallest absolute Gasteiger partial charge is 0.267 e. The van der Waals surface area contributed by atoms with Gasteiger partial charge in [0.05, 0.1) is 23.7 Å². The molecule has 0 bridgehead atoms. The van der Waals surface area contributed by atoms with Crippen molar-refractivity contribution in [3.8, 4) is 11.4 Å². The minimum absolute atomic E-state index is 0.141. The maximum Gasteiger partial charge on any atom is 0.267 e. The van der Waals surface area contributed by atoms with Gasteiger partial charge in [0.25, 0.3) is 5.56 Å². The Hall–Kier alpha value is -2.80. The van der Waals surface area contributed by atoms with Crippen molar-refractivity contribution in [2.24, 2.45) is 0 Å². The van der Waals surface area contributed by atoms with Gasteiger partial charge in [-0.3, -0.25) is 9.20 Å². The monoisotopic (exact) mass is 366 g/mol. The van der Waals surface area contributed by atoms with Crippen LogP contribution in [0.3, 0.4) is 0 Å². The fourth-order valence-corrected chi connectivity index (χ4v) is 3.76. The van der Waals surface area contributed by atoms with Crippen LogP contribution in [-0.2, 0) is 0 Å². The lowest BCUT2D eigenvalue weighted by atomic mass is 10.2. The van der Waals surface area contributed by atoms with Crippen molar-refractivity contribution >= 4 is 28.4 Å². The fourth-order valence-electron chi connectivity index (χ4n) is 3.09. The number of methoxy groups -OCH3 is 1. The highest BCUT2D eigenvalue weighted by Gasteiger charge is 2.19. The van der Waals surface area contributed by atoms with Gasteiger partial charge in [-0.05, 0) is 42.5 Å². The van der Waals surface area contributed by atoms with Gasteiger partial charge in [-0.2, -0.15) is 0 Å². The van der Waals surface area contributed by atoms with Gasteiger partial charge in [-0.25, -0.2) is 4.57 Å². The first-order chi connectivity index (χ1) is 12.7. The molecule has 0 fully saturated rings. The molecule has 0 amide bonds. The lowest BCUT2D eigenvalue weighted by molar-refractivity contribution is 0.412. The second kappa shape index (κ2) is 6.49. The number of thioether (sulfide) groups is 1. The number of aromatic nitrogens is 4. The average Bonchev–Trinajstić information content (AvgIpc) is 3.06. The van der Waals surface area contributed by atoms with Crippen molar-refractivity contribution < 1.29 is 4.74 Å². The summed E-state index contributed by atoms with van der Waals surface area (Å²) in [5, 5.41) is 10.0. The second-order valence-corrected chi connectivity index (χ2v) is 7.12. The molecule has 0 aliphatic carbocycles. The van der Waals surface area contributed by atoms with Crippen molar-refractivity contribution in [1.29, 1.82) is 0 Å². The Bertz CT molecular complexity index is 1180. The zero-order chi connectivity index (χ0) is 18.3. The molecule has 0 aliphatic heterocycles. The summed E-state index contributed by atoms with van der Waals surface area (Å²) in [6.07, 6.45) is 0. The van der Waals surface area contributed by atoms with Crippen LogP contribution in [0.5, 0.6) is 5.75 Å². The summed E-state index contributed by atoms with van der Waals surface area (Å²) in [7, 11) is 1.60. The van der Waals surface area contributed by atoms with Crippen LogP contribution < -0.4 is 10.3 Å². The van der Waals surface area contributed by atoms with Crippen molar-refractivity contribution in [3.63, 3.8) is 0 Å². The first kappa shape index (κ1) is 16.7. The molecule has 132 valence electrons. The third-order valence-corrected chi connectivity index (χ3v) is 5.05. The van der Waals surface area contributed by atoms with Gasteiger partial charge in [-0.15, -0.1) is 10.2 Å². The molecule has 4 aromatic rings. The first-order valence-corrected chi connectivity index (χ1v) is 9.31. The molecule has 4 rings (SSSR count). The van der Waals surface area contributed by atoms with E-state index in [0.717, 1.165) is 22.0 Å². The van der Waals surface area contributed by atoms with Gasteiger partial charge in [0.1, 0.15) is 5.75 Å². The number of hydrogen-bond acceptors (Lipinski definition) is 5. The van der Waals surface area contributed by atoms with Gasteiger partial charge < -0.3 is 4.74 Å². The maximum atomic E-state index is 13.3. The number of aryl methyl sites for hydroxylation is 1. The van der Waals surface area contributed by atoms with Crippen molar-refractivity contribution in [2.45, 2.75) is 19.0 Å². The Labute approximate surface area is 154 Å². The van der Waals surface area contributed by atoms with E-state index in [9.17, 15) is 4.79 Å². The van der Waals surface area contributed by atoms with Crippen LogP contribution in [0, 0.1) is 6.92 Å². The topological polar surface area (TPSA) is 61.4 Å². The lowest BCUT2D eigenvalue weighted by Gasteiger charge is -2.14. The zero-order valence-corrected chi connectivity index (χ0v) is 15.6. The summed E-state index contributed by atoms with van der Waals surface area (Å²) in [4.78, 5) is 13.3. The van der Waals surface area contributed by atoms with Crippen LogP contribution in [0.25, 0.3) is 22.4 Å². The molecular formula is C19H18N4O2S. The fraction of sp³-hybridized carbons (Fsp3) is 0.211. The molecule has 2 heterocycles. The Morgan fingerprint density at radius 2 is 1.96 bits per heavy atom. The van der Waals surface area contributed by atoms with Crippen LogP contribution in [-0.4, -0.2) is 32.0 Å². The Morgan fingerprint density at radius 1 is 1.15 bits per heavy atom. The number of para-hydroxylation sites is 1. The molecule has 0 saturated heterocycles. The molecule has 7 heteroatoms. The number of benzene rings is 2. The number of hydrogen-bond donors (Lipinski definition) is 0. The predicted octanol–water partition coefficient (Wildman–Crippen LogP) is 3.46. The molecule has 0 atom stereocenters. The Balaban J connectivity index is 2.21. The summed E-state index contributed by atoms with van der Waals surface area (Å²) in [6.45, 7) is 4.04. The number of rotatable bonds is 4. The molecule has 2 aromatic carbocycles. The number of fused-ring (bicyclic) bond motifs is 3. The first-order valence-electron chi connectivity index (χ1n) is 8.32. The molecule has 0 N–H and O–H groups in total. The van der Waals surface area contributed by atoms with Crippen LogP contribution in [0.2, 0.25) is 0 Å². The molecular weight excluding hydrogens is 348 g/mol. The summed E-state index contributed by atoms with van der Waals surface area (Å²) < 4.78 is 9.02.